The van der Waals surface area contributed by atoms with Gasteiger partial charge in [-0.3, -0.25) is 13.9 Å². The Balaban J connectivity index is 1.83. The van der Waals surface area contributed by atoms with Gasteiger partial charge in [0.2, 0.25) is 0 Å². The van der Waals surface area contributed by atoms with Gasteiger partial charge in [-0.15, -0.1) is 0 Å². The van der Waals surface area contributed by atoms with Crippen molar-refractivity contribution in [2.45, 2.75) is 18.9 Å². The van der Waals surface area contributed by atoms with Gasteiger partial charge in [0.15, 0.2) is 5.56 Å². The molecule has 0 fully saturated rings. The van der Waals surface area contributed by atoms with Crippen LogP contribution in [-0.4, -0.2) is 21.7 Å². The van der Waals surface area contributed by atoms with Gasteiger partial charge < -0.3 is 10.6 Å². The number of benzene rings is 1. The average molecular weight is 325 g/mol. The van der Waals surface area contributed by atoms with Crippen LogP contribution in [0.1, 0.15) is 17.5 Å². The molecule has 0 aliphatic carbocycles. The first-order chi connectivity index (χ1) is 11.5. The summed E-state index contributed by atoms with van der Waals surface area (Å²) in [6.07, 6.45) is 1.90. The zero-order chi connectivity index (χ0) is 17.3. The Morgan fingerprint density at radius 1 is 1.29 bits per heavy atom. The van der Waals surface area contributed by atoms with Gasteiger partial charge in [-0.25, -0.2) is 4.79 Å². The van der Waals surface area contributed by atoms with Crippen molar-refractivity contribution < 1.29 is 0 Å². The molecule has 2 heterocycles. The minimum Gasteiger partial charge on any atom is -0.380 e. The molecule has 3 rings (SSSR count). The number of aryl methyl sites for hydroxylation is 1. The second kappa shape index (κ2) is 6.24. The zero-order valence-corrected chi connectivity index (χ0v) is 13.7. The van der Waals surface area contributed by atoms with Crippen molar-refractivity contribution in [1.82, 2.24) is 9.13 Å². The van der Waals surface area contributed by atoms with Crippen LogP contribution in [0.25, 0.3) is 0 Å². The van der Waals surface area contributed by atoms with E-state index in [4.69, 9.17) is 0 Å². The molecule has 124 valence electrons. The molecule has 0 radical (unpaired) electrons. The molecule has 2 aromatic rings. The lowest BCUT2D eigenvalue weighted by atomic mass is 9.98. The van der Waals surface area contributed by atoms with E-state index in [-0.39, 0.29) is 17.4 Å². The fourth-order valence-corrected chi connectivity index (χ4v) is 3.03. The Bertz CT molecular complexity index is 935. The van der Waals surface area contributed by atoms with Crippen LogP contribution in [0.15, 0.2) is 33.9 Å². The Morgan fingerprint density at radius 2 is 2.04 bits per heavy atom. The minimum atomic E-state index is -0.579. The van der Waals surface area contributed by atoms with E-state index in [0.29, 0.717) is 6.54 Å². The Morgan fingerprint density at radius 3 is 2.79 bits per heavy atom. The van der Waals surface area contributed by atoms with Gasteiger partial charge in [-0.2, -0.15) is 5.26 Å². The van der Waals surface area contributed by atoms with Gasteiger partial charge in [0.25, 0.3) is 5.56 Å². The van der Waals surface area contributed by atoms with Crippen LogP contribution in [0.5, 0.6) is 0 Å². The number of nitrogens with zero attached hydrogens (tertiary/aromatic N) is 3. The molecule has 0 unspecified atom stereocenters. The molecule has 7 heteroatoms. The Kier molecular flexibility index (Phi) is 4.13. The molecule has 0 saturated heterocycles. The van der Waals surface area contributed by atoms with Crippen molar-refractivity contribution in [3.63, 3.8) is 0 Å². The summed E-state index contributed by atoms with van der Waals surface area (Å²) in [6.45, 7) is 0.517. The molecule has 24 heavy (non-hydrogen) atoms. The van der Waals surface area contributed by atoms with E-state index >= 15 is 0 Å². The highest BCUT2D eigenvalue weighted by Gasteiger charge is 2.19. The average Bonchev–Trinajstić information content (AvgIpc) is 2.61. The number of aromatic nitrogens is 2. The van der Waals surface area contributed by atoms with Crippen molar-refractivity contribution in [1.29, 1.82) is 5.26 Å². The highest BCUT2D eigenvalue weighted by Crippen LogP contribution is 2.24. The fourth-order valence-electron chi connectivity index (χ4n) is 3.03. The van der Waals surface area contributed by atoms with Crippen LogP contribution in [0.2, 0.25) is 0 Å². The quantitative estimate of drug-likeness (QED) is 0.871. The van der Waals surface area contributed by atoms with Crippen molar-refractivity contribution in [2.75, 3.05) is 17.2 Å². The summed E-state index contributed by atoms with van der Waals surface area (Å²) in [5.74, 6) is 0.270. The smallest absolute Gasteiger partial charge is 0.332 e. The molecule has 1 aliphatic heterocycles. The van der Waals surface area contributed by atoms with E-state index < -0.39 is 11.2 Å². The summed E-state index contributed by atoms with van der Waals surface area (Å²) < 4.78 is 2.25. The number of anilines is 2. The normalized spacial score (nSPS) is 16.0. The molecule has 1 atom stereocenters. The van der Waals surface area contributed by atoms with Crippen molar-refractivity contribution in [2.24, 2.45) is 14.1 Å². The van der Waals surface area contributed by atoms with Crippen LogP contribution in [-0.2, 0) is 20.5 Å². The van der Waals surface area contributed by atoms with Gasteiger partial charge in [-0.05, 0) is 24.5 Å². The van der Waals surface area contributed by atoms with E-state index in [1.165, 1.54) is 17.2 Å². The molecule has 1 aromatic carbocycles. The highest BCUT2D eigenvalue weighted by molar-refractivity contribution is 5.55. The van der Waals surface area contributed by atoms with Gasteiger partial charge in [0, 0.05) is 32.4 Å². The Labute approximate surface area is 139 Å². The largest absolute Gasteiger partial charge is 0.380 e. The first-order valence-electron chi connectivity index (χ1n) is 7.81. The number of hydrogen-bond donors (Lipinski definition) is 2. The fraction of sp³-hybridized carbons (Fsp3) is 0.353. The van der Waals surface area contributed by atoms with Crippen molar-refractivity contribution >= 4 is 11.5 Å². The highest BCUT2D eigenvalue weighted by atomic mass is 16.2. The Hall–Kier alpha value is -3.01. The monoisotopic (exact) mass is 325 g/mol. The summed E-state index contributed by atoms with van der Waals surface area (Å²) in [4.78, 5) is 24.1. The summed E-state index contributed by atoms with van der Waals surface area (Å²) in [5.41, 5.74) is 1.31. The summed E-state index contributed by atoms with van der Waals surface area (Å²) in [6, 6.07) is 10.2. The van der Waals surface area contributed by atoms with Crippen LogP contribution in [0, 0.1) is 11.3 Å². The van der Waals surface area contributed by atoms with Gasteiger partial charge >= 0.3 is 5.69 Å². The number of hydrogen-bond acceptors (Lipinski definition) is 5. The topological polar surface area (TPSA) is 91.8 Å². The maximum atomic E-state index is 12.1. The molecule has 0 saturated carbocycles. The molecule has 1 aromatic heterocycles. The van der Waals surface area contributed by atoms with E-state index in [2.05, 4.69) is 16.7 Å². The second-order valence-electron chi connectivity index (χ2n) is 5.96. The van der Waals surface area contributed by atoms with Crippen LogP contribution in [0.3, 0.4) is 0 Å². The zero-order valence-electron chi connectivity index (χ0n) is 13.7. The maximum Gasteiger partial charge on any atom is 0.332 e. The van der Waals surface area contributed by atoms with Crippen LogP contribution < -0.4 is 21.9 Å². The molecule has 7 nitrogen and oxygen atoms in total. The minimum absolute atomic E-state index is 0.0455. The third kappa shape index (κ3) is 2.67. The molecular weight excluding hydrogens is 306 g/mol. The number of nitriles is 1. The maximum absolute atomic E-state index is 12.1. The number of nitrogens with one attached hydrogen (secondary N) is 2. The van der Waals surface area contributed by atoms with Gasteiger partial charge in [0.05, 0.1) is 0 Å². The molecule has 2 N–H and O–H groups in total. The first-order valence-corrected chi connectivity index (χ1v) is 7.81. The molecule has 0 amide bonds. The van der Waals surface area contributed by atoms with Crippen LogP contribution >= 0.6 is 0 Å². The summed E-state index contributed by atoms with van der Waals surface area (Å²) >= 11 is 0. The standard InChI is InChI=1S/C17H19N5O2/c1-21-15(13(9-18)16(23)22(2)17(21)24)19-10-12-8-7-11-5-3-4-6-14(11)20-12/h3-6,12,19-20H,7-8,10H2,1-2H3/t12-/m0/s1. The lowest BCUT2D eigenvalue weighted by Gasteiger charge is -2.28. The molecular formula is C17H19N5O2. The summed E-state index contributed by atoms with van der Waals surface area (Å²) in [5, 5.41) is 15.8. The molecule has 0 bridgehead atoms. The van der Waals surface area contributed by atoms with Crippen molar-refractivity contribution in [3.8, 4) is 6.07 Å². The van der Waals surface area contributed by atoms with Crippen LogP contribution in [0.4, 0.5) is 11.5 Å². The number of rotatable bonds is 3. The number of fused-ring (bicyclic) bond motifs is 1. The lowest BCUT2D eigenvalue weighted by molar-refractivity contribution is 0.641. The predicted octanol–water partition coefficient (Wildman–Crippen LogP) is 0.794. The third-order valence-electron chi connectivity index (χ3n) is 4.43. The van der Waals surface area contributed by atoms with Gasteiger partial charge in [-0.1, -0.05) is 18.2 Å². The van der Waals surface area contributed by atoms with E-state index in [1.807, 2.05) is 24.3 Å². The van der Waals surface area contributed by atoms with Gasteiger partial charge in [0.1, 0.15) is 11.9 Å². The van der Waals surface area contributed by atoms with E-state index in [1.54, 1.807) is 7.05 Å². The third-order valence-corrected chi connectivity index (χ3v) is 4.43. The second-order valence-corrected chi connectivity index (χ2v) is 5.96. The molecule has 0 spiro atoms. The first kappa shape index (κ1) is 15.9. The van der Waals surface area contributed by atoms with E-state index in [9.17, 15) is 14.9 Å². The van der Waals surface area contributed by atoms with E-state index in [0.717, 1.165) is 23.1 Å². The molecule has 1 aliphatic rings. The SMILES string of the molecule is Cn1c(NC[C@@H]2CCc3ccccc3N2)c(C#N)c(=O)n(C)c1=O. The lowest BCUT2D eigenvalue weighted by Crippen LogP contribution is -2.41. The van der Waals surface area contributed by atoms with Crippen molar-refractivity contribution in [3.05, 3.63) is 56.2 Å². The predicted molar refractivity (Wildman–Crippen MR) is 92.3 cm³/mol. The summed E-state index contributed by atoms with van der Waals surface area (Å²) in [7, 11) is 2.92. The number of para-hydroxylation sites is 1.